The summed E-state index contributed by atoms with van der Waals surface area (Å²) in [7, 11) is 1.80. The largest absolute Gasteiger partial charge is 0.293 e. The summed E-state index contributed by atoms with van der Waals surface area (Å²) in [5.41, 5.74) is 1.32. The Hall–Kier alpha value is -1.35. The summed E-state index contributed by atoms with van der Waals surface area (Å²) in [5.74, 6) is -0.0660. The number of halogens is 1. The molecule has 3 nitrogen and oxygen atoms in total. The van der Waals surface area contributed by atoms with Gasteiger partial charge in [0.15, 0.2) is 5.78 Å². The number of fused-ring (bicyclic) bond motifs is 1. The zero-order chi connectivity index (χ0) is 10.3. The van der Waals surface area contributed by atoms with Gasteiger partial charge in [-0.3, -0.25) is 9.48 Å². The third kappa shape index (κ3) is 1.21. The minimum Gasteiger partial charge on any atom is -0.293 e. The summed E-state index contributed by atoms with van der Waals surface area (Å²) in [4.78, 5) is 11.3. The molecule has 0 fully saturated rings. The molecule has 0 aliphatic heterocycles. The molecule has 0 amide bonds. The molecule has 72 valence electrons. The Kier molecular flexibility index (Phi) is 2.04. The van der Waals surface area contributed by atoms with Crippen LogP contribution in [-0.4, -0.2) is 15.6 Å². The average Bonchev–Trinajstić information content (AvgIpc) is 2.46. The van der Waals surface area contributed by atoms with Crippen molar-refractivity contribution in [3.05, 3.63) is 28.9 Å². The lowest BCUT2D eigenvalue weighted by Gasteiger charge is -1.94. The molecule has 2 aromatic rings. The van der Waals surface area contributed by atoms with Gasteiger partial charge in [0.2, 0.25) is 0 Å². The Morgan fingerprint density at radius 1 is 1.50 bits per heavy atom. The maximum atomic E-state index is 11.3. The summed E-state index contributed by atoms with van der Waals surface area (Å²) >= 11 is 6.01. The molecule has 4 heteroatoms. The van der Waals surface area contributed by atoms with Gasteiger partial charge in [-0.15, -0.1) is 0 Å². The van der Waals surface area contributed by atoms with Crippen molar-refractivity contribution in [2.45, 2.75) is 6.92 Å². The molecule has 0 atom stereocenters. The number of hydrogen-bond donors (Lipinski definition) is 0. The lowest BCUT2D eigenvalue weighted by Crippen LogP contribution is -1.96. The minimum absolute atomic E-state index is 0.0660. The van der Waals surface area contributed by atoms with Crippen LogP contribution in [0.2, 0.25) is 5.02 Å². The monoisotopic (exact) mass is 208 g/mol. The van der Waals surface area contributed by atoms with Gasteiger partial charge in [-0.25, -0.2) is 0 Å². The minimum atomic E-state index is -0.0660. The molecule has 0 bridgehead atoms. The van der Waals surface area contributed by atoms with Crippen molar-refractivity contribution in [3.63, 3.8) is 0 Å². The summed E-state index contributed by atoms with van der Waals surface area (Å²) in [6, 6.07) is 5.49. The smallest absolute Gasteiger partial charge is 0.180 e. The zero-order valence-corrected chi connectivity index (χ0v) is 8.67. The molecule has 0 N–H and O–H groups in total. The molecule has 1 aromatic carbocycles. The molecule has 1 heterocycles. The molecule has 0 spiro atoms. The lowest BCUT2D eigenvalue weighted by atomic mass is 10.1. The zero-order valence-electron chi connectivity index (χ0n) is 7.91. The lowest BCUT2D eigenvalue weighted by molar-refractivity contribution is 0.101. The van der Waals surface area contributed by atoms with Gasteiger partial charge in [-0.05, 0) is 12.1 Å². The summed E-state index contributed by atoms with van der Waals surface area (Å²) < 4.78 is 1.66. The van der Waals surface area contributed by atoms with Crippen LogP contribution in [0.4, 0.5) is 0 Å². The number of carbonyl (C=O) groups excluding carboxylic acids is 1. The van der Waals surface area contributed by atoms with E-state index in [1.54, 1.807) is 17.8 Å². The highest BCUT2D eigenvalue weighted by molar-refractivity contribution is 6.36. The van der Waals surface area contributed by atoms with Gasteiger partial charge in [0.25, 0.3) is 0 Å². The molecular weight excluding hydrogens is 200 g/mol. The van der Waals surface area contributed by atoms with Crippen LogP contribution in [0, 0.1) is 0 Å². The molecule has 0 radical (unpaired) electrons. The van der Waals surface area contributed by atoms with Gasteiger partial charge in [-0.2, -0.15) is 5.10 Å². The number of rotatable bonds is 1. The van der Waals surface area contributed by atoms with Crippen LogP contribution in [-0.2, 0) is 7.05 Å². The molecule has 0 unspecified atom stereocenters. The number of carbonyl (C=O) groups is 1. The number of nitrogens with zero attached hydrogens (tertiary/aromatic N) is 2. The van der Waals surface area contributed by atoms with E-state index in [4.69, 9.17) is 11.6 Å². The fourth-order valence-corrected chi connectivity index (χ4v) is 1.78. The number of benzene rings is 1. The number of ketones is 1. The number of aromatic nitrogens is 2. The van der Waals surface area contributed by atoms with Crippen molar-refractivity contribution in [2.75, 3.05) is 0 Å². The Morgan fingerprint density at radius 3 is 2.86 bits per heavy atom. The van der Waals surface area contributed by atoms with E-state index < -0.39 is 0 Å². The summed E-state index contributed by atoms with van der Waals surface area (Å²) in [5, 5.41) is 5.44. The number of hydrogen-bond acceptors (Lipinski definition) is 2. The summed E-state index contributed by atoms with van der Waals surface area (Å²) in [6.45, 7) is 1.49. The number of Topliss-reactive ketones (excluding diaryl/α,β-unsaturated/α-hetero) is 1. The highest BCUT2D eigenvalue weighted by Gasteiger charge is 2.14. The molecule has 14 heavy (non-hydrogen) atoms. The predicted octanol–water partition coefficient (Wildman–Crippen LogP) is 2.43. The van der Waals surface area contributed by atoms with E-state index in [0.717, 1.165) is 10.9 Å². The second-order valence-corrected chi connectivity index (χ2v) is 3.57. The van der Waals surface area contributed by atoms with Crippen molar-refractivity contribution in [2.24, 2.45) is 7.05 Å². The molecule has 2 rings (SSSR count). The van der Waals surface area contributed by atoms with Crippen LogP contribution in [0.5, 0.6) is 0 Å². The van der Waals surface area contributed by atoms with Gasteiger partial charge in [0.05, 0.1) is 10.5 Å². The van der Waals surface area contributed by atoms with Crippen LogP contribution in [0.3, 0.4) is 0 Å². The molecule has 1 aromatic heterocycles. The van der Waals surface area contributed by atoms with Crippen molar-refractivity contribution >= 4 is 28.3 Å². The fraction of sp³-hybridized carbons (Fsp3) is 0.200. The molecule has 0 aliphatic carbocycles. The molecule has 0 aliphatic rings. The van der Waals surface area contributed by atoms with Gasteiger partial charge in [0, 0.05) is 19.4 Å². The van der Waals surface area contributed by atoms with Crippen LogP contribution < -0.4 is 0 Å². The Bertz CT molecular complexity index is 516. The first kappa shape index (κ1) is 9.21. The Labute approximate surface area is 86.3 Å². The van der Waals surface area contributed by atoms with Crippen molar-refractivity contribution in [1.29, 1.82) is 0 Å². The Morgan fingerprint density at radius 2 is 2.21 bits per heavy atom. The highest BCUT2D eigenvalue weighted by Crippen LogP contribution is 2.26. The van der Waals surface area contributed by atoms with E-state index in [0.29, 0.717) is 10.7 Å². The third-order valence-corrected chi connectivity index (χ3v) is 2.48. The van der Waals surface area contributed by atoms with E-state index in [9.17, 15) is 4.79 Å². The van der Waals surface area contributed by atoms with Crippen LogP contribution in [0.25, 0.3) is 10.9 Å². The molecular formula is C10H9ClN2O. The first-order chi connectivity index (χ1) is 6.61. The summed E-state index contributed by atoms with van der Waals surface area (Å²) in [6.07, 6.45) is 0. The van der Waals surface area contributed by atoms with Gasteiger partial charge >= 0.3 is 0 Å². The van der Waals surface area contributed by atoms with Crippen molar-refractivity contribution < 1.29 is 4.79 Å². The van der Waals surface area contributed by atoms with Crippen molar-refractivity contribution in [1.82, 2.24) is 9.78 Å². The predicted molar refractivity (Wildman–Crippen MR) is 55.7 cm³/mol. The first-order valence-corrected chi connectivity index (χ1v) is 4.61. The topological polar surface area (TPSA) is 34.9 Å². The van der Waals surface area contributed by atoms with Gasteiger partial charge < -0.3 is 0 Å². The first-order valence-electron chi connectivity index (χ1n) is 4.23. The third-order valence-electron chi connectivity index (χ3n) is 2.16. The highest BCUT2D eigenvalue weighted by atomic mass is 35.5. The van der Waals surface area contributed by atoms with E-state index >= 15 is 0 Å². The van der Waals surface area contributed by atoms with E-state index in [1.807, 2.05) is 12.1 Å². The normalized spacial score (nSPS) is 10.8. The van der Waals surface area contributed by atoms with Crippen molar-refractivity contribution in [3.8, 4) is 0 Å². The fourth-order valence-electron chi connectivity index (χ4n) is 1.52. The number of aryl methyl sites for hydroxylation is 1. The van der Waals surface area contributed by atoms with Crippen LogP contribution >= 0.6 is 11.6 Å². The van der Waals surface area contributed by atoms with E-state index in [1.165, 1.54) is 6.92 Å². The standard InChI is InChI=1S/C10H9ClN2O/c1-6(14)10-9-7(11)4-3-5-8(9)13(2)12-10/h3-5H,1-2H3. The second-order valence-electron chi connectivity index (χ2n) is 3.16. The maximum Gasteiger partial charge on any atom is 0.180 e. The SMILES string of the molecule is CC(=O)c1nn(C)c2cccc(Cl)c12. The maximum absolute atomic E-state index is 11.3. The van der Waals surface area contributed by atoms with Gasteiger partial charge in [0.1, 0.15) is 5.69 Å². The van der Waals surface area contributed by atoms with Crippen LogP contribution in [0.1, 0.15) is 17.4 Å². The van der Waals surface area contributed by atoms with E-state index in [2.05, 4.69) is 5.10 Å². The quantitative estimate of drug-likeness (QED) is 0.675. The Balaban J connectivity index is 2.93. The van der Waals surface area contributed by atoms with Gasteiger partial charge in [-0.1, -0.05) is 17.7 Å². The van der Waals surface area contributed by atoms with E-state index in [-0.39, 0.29) is 5.78 Å². The second kappa shape index (κ2) is 3.10. The van der Waals surface area contributed by atoms with Crippen LogP contribution in [0.15, 0.2) is 18.2 Å². The molecule has 0 saturated heterocycles. The molecule has 0 saturated carbocycles. The average molecular weight is 209 g/mol.